The lowest BCUT2D eigenvalue weighted by atomic mass is 10.0. The molecule has 1 aliphatic rings. The number of carbonyl (C=O) groups excluding carboxylic acids is 1. The minimum absolute atomic E-state index is 0.0805. The molecule has 0 aliphatic carbocycles. The Kier molecular flexibility index (Phi) is 4.49. The van der Waals surface area contributed by atoms with Crippen LogP contribution in [0.4, 0.5) is 0 Å². The number of amides is 1. The van der Waals surface area contributed by atoms with Gasteiger partial charge in [-0.3, -0.25) is 9.69 Å². The summed E-state index contributed by atoms with van der Waals surface area (Å²) < 4.78 is 0. The van der Waals surface area contributed by atoms with Crippen molar-refractivity contribution in [2.75, 3.05) is 26.2 Å². The molecule has 2 rings (SSSR count). The van der Waals surface area contributed by atoms with E-state index in [1.807, 2.05) is 11.8 Å². The lowest BCUT2D eigenvalue weighted by Crippen LogP contribution is -2.34. The van der Waals surface area contributed by atoms with Crippen LogP contribution in [0.25, 0.3) is 0 Å². The lowest BCUT2D eigenvalue weighted by Gasteiger charge is -2.28. The summed E-state index contributed by atoms with van der Waals surface area (Å²) in [6, 6.07) is 4.72. The maximum Gasteiger partial charge on any atom is 0.219 e. The molecule has 110 valence electrons. The zero-order valence-electron chi connectivity index (χ0n) is 12.0. The number of carbonyl (C=O) groups is 1. The molecule has 2 N–H and O–H groups in total. The van der Waals surface area contributed by atoms with Gasteiger partial charge in [-0.1, -0.05) is 6.07 Å². The number of aromatic hydroxyl groups is 2. The zero-order chi connectivity index (χ0) is 14.7. The Bertz CT molecular complexity index is 470. The van der Waals surface area contributed by atoms with Crippen molar-refractivity contribution in [3.63, 3.8) is 0 Å². The number of hydrogen-bond donors (Lipinski definition) is 2. The lowest BCUT2D eigenvalue weighted by molar-refractivity contribution is -0.128. The molecule has 0 aromatic heterocycles. The number of hydrogen-bond acceptors (Lipinski definition) is 4. The largest absolute Gasteiger partial charge is 0.507 e. The van der Waals surface area contributed by atoms with Crippen LogP contribution in [0, 0.1) is 0 Å². The Labute approximate surface area is 119 Å². The molecular weight excluding hydrogens is 256 g/mol. The highest BCUT2D eigenvalue weighted by atomic mass is 16.3. The van der Waals surface area contributed by atoms with Crippen LogP contribution in [0.1, 0.15) is 31.9 Å². The Morgan fingerprint density at radius 1 is 1.15 bits per heavy atom. The van der Waals surface area contributed by atoms with E-state index < -0.39 is 0 Å². The molecule has 1 aliphatic heterocycles. The fraction of sp³-hybridized carbons (Fsp3) is 0.533. The summed E-state index contributed by atoms with van der Waals surface area (Å²) in [7, 11) is 0. The number of rotatable bonds is 2. The average molecular weight is 278 g/mol. The number of phenols is 2. The van der Waals surface area contributed by atoms with E-state index in [0.717, 1.165) is 26.1 Å². The molecule has 20 heavy (non-hydrogen) atoms. The summed E-state index contributed by atoms with van der Waals surface area (Å²) in [5.74, 6) is 0.334. The van der Waals surface area contributed by atoms with Crippen LogP contribution in [-0.2, 0) is 4.79 Å². The normalized spacial score (nSPS) is 18.6. The van der Waals surface area contributed by atoms with E-state index >= 15 is 0 Å². The zero-order valence-corrected chi connectivity index (χ0v) is 12.0. The van der Waals surface area contributed by atoms with Crippen LogP contribution in [0.3, 0.4) is 0 Å². The van der Waals surface area contributed by atoms with Crippen molar-refractivity contribution < 1.29 is 15.0 Å². The predicted octanol–water partition coefficient (Wildman–Crippen LogP) is 1.71. The Morgan fingerprint density at radius 3 is 2.40 bits per heavy atom. The molecule has 1 atom stereocenters. The van der Waals surface area contributed by atoms with Crippen molar-refractivity contribution in [3.05, 3.63) is 23.8 Å². The number of nitrogens with zero attached hydrogens (tertiary/aromatic N) is 2. The first-order valence-corrected chi connectivity index (χ1v) is 7.01. The summed E-state index contributed by atoms with van der Waals surface area (Å²) in [4.78, 5) is 15.5. The van der Waals surface area contributed by atoms with Crippen LogP contribution >= 0.6 is 0 Å². The van der Waals surface area contributed by atoms with E-state index in [4.69, 9.17) is 0 Å². The fourth-order valence-corrected chi connectivity index (χ4v) is 2.79. The third-order valence-electron chi connectivity index (χ3n) is 4.00. The molecular formula is C15H22N2O3. The minimum Gasteiger partial charge on any atom is -0.507 e. The van der Waals surface area contributed by atoms with Crippen LogP contribution in [0.2, 0.25) is 0 Å². The van der Waals surface area contributed by atoms with Crippen LogP contribution < -0.4 is 0 Å². The van der Waals surface area contributed by atoms with E-state index in [1.54, 1.807) is 25.1 Å². The molecule has 1 unspecified atom stereocenters. The van der Waals surface area contributed by atoms with E-state index in [1.165, 1.54) is 0 Å². The number of phenolic OH excluding ortho intramolecular Hbond substituents is 2. The van der Waals surface area contributed by atoms with Crippen molar-refractivity contribution in [1.82, 2.24) is 9.80 Å². The van der Waals surface area contributed by atoms with Gasteiger partial charge in [-0.25, -0.2) is 0 Å². The van der Waals surface area contributed by atoms with Crippen LogP contribution in [0.5, 0.6) is 11.5 Å². The van der Waals surface area contributed by atoms with Crippen molar-refractivity contribution in [3.8, 4) is 11.5 Å². The van der Waals surface area contributed by atoms with Gasteiger partial charge in [0, 0.05) is 39.1 Å². The maximum absolute atomic E-state index is 11.4. The van der Waals surface area contributed by atoms with Crippen LogP contribution in [-0.4, -0.2) is 52.1 Å². The summed E-state index contributed by atoms with van der Waals surface area (Å²) in [5.41, 5.74) is 0.559. The highest BCUT2D eigenvalue weighted by molar-refractivity contribution is 5.73. The second kappa shape index (κ2) is 6.13. The second-order valence-electron chi connectivity index (χ2n) is 5.28. The molecule has 1 aromatic carbocycles. The standard InChI is InChI=1S/C15H22N2O3/c1-11(15-13(19)5-3-6-14(15)20)16-7-4-8-17(10-9-16)12(2)18/h3,5-6,11,19-20H,4,7-10H2,1-2H3. The van der Waals surface area contributed by atoms with Gasteiger partial charge >= 0.3 is 0 Å². The van der Waals surface area contributed by atoms with Gasteiger partial charge in [0.15, 0.2) is 0 Å². The van der Waals surface area contributed by atoms with E-state index in [-0.39, 0.29) is 23.4 Å². The molecule has 1 amide bonds. The molecule has 1 fully saturated rings. The maximum atomic E-state index is 11.4. The van der Waals surface area contributed by atoms with E-state index in [0.29, 0.717) is 12.1 Å². The van der Waals surface area contributed by atoms with Gasteiger partial charge in [0.1, 0.15) is 11.5 Å². The summed E-state index contributed by atoms with van der Waals surface area (Å²) in [6.07, 6.45) is 0.901. The monoisotopic (exact) mass is 278 g/mol. The van der Waals surface area contributed by atoms with Crippen molar-refractivity contribution >= 4 is 5.91 Å². The minimum atomic E-state index is -0.0805. The van der Waals surface area contributed by atoms with Crippen molar-refractivity contribution in [1.29, 1.82) is 0 Å². The Hall–Kier alpha value is -1.75. The van der Waals surface area contributed by atoms with Gasteiger partial charge in [0.25, 0.3) is 0 Å². The average Bonchev–Trinajstić information content (AvgIpc) is 2.64. The predicted molar refractivity (Wildman–Crippen MR) is 76.6 cm³/mol. The first-order chi connectivity index (χ1) is 9.50. The summed E-state index contributed by atoms with van der Waals surface area (Å²) >= 11 is 0. The molecule has 0 saturated carbocycles. The van der Waals surface area contributed by atoms with Gasteiger partial charge in [-0.15, -0.1) is 0 Å². The topological polar surface area (TPSA) is 64.0 Å². The molecule has 0 spiro atoms. The first kappa shape index (κ1) is 14.7. The Morgan fingerprint density at radius 2 is 1.80 bits per heavy atom. The molecule has 5 heteroatoms. The third kappa shape index (κ3) is 3.04. The highest BCUT2D eigenvalue weighted by Gasteiger charge is 2.24. The SMILES string of the molecule is CC(=O)N1CCCN(C(C)c2c(O)cccc2O)CC1. The summed E-state index contributed by atoms with van der Waals surface area (Å²) in [6.45, 7) is 6.61. The third-order valence-corrected chi connectivity index (χ3v) is 4.00. The van der Waals surface area contributed by atoms with Gasteiger partial charge in [0.2, 0.25) is 5.91 Å². The van der Waals surface area contributed by atoms with E-state index in [2.05, 4.69) is 4.90 Å². The van der Waals surface area contributed by atoms with Gasteiger partial charge in [-0.05, 0) is 25.5 Å². The molecule has 0 bridgehead atoms. The molecule has 1 saturated heterocycles. The second-order valence-corrected chi connectivity index (χ2v) is 5.28. The first-order valence-electron chi connectivity index (χ1n) is 7.01. The van der Waals surface area contributed by atoms with Gasteiger partial charge in [0.05, 0.1) is 5.56 Å². The molecule has 5 nitrogen and oxygen atoms in total. The summed E-state index contributed by atoms with van der Waals surface area (Å²) in [5, 5.41) is 19.9. The quantitative estimate of drug-likeness (QED) is 0.864. The smallest absolute Gasteiger partial charge is 0.219 e. The van der Waals surface area contributed by atoms with Gasteiger partial charge in [-0.2, -0.15) is 0 Å². The number of benzene rings is 1. The fourth-order valence-electron chi connectivity index (χ4n) is 2.79. The van der Waals surface area contributed by atoms with Gasteiger partial charge < -0.3 is 15.1 Å². The molecule has 1 aromatic rings. The molecule has 1 heterocycles. The van der Waals surface area contributed by atoms with Crippen molar-refractivity contribution in [2.45, 2.75) is 26.3 Å². The highest BCUT2D eigenvalue weighted by Crippen LogP contribution is 2.35. The Balaban J connectivity index is 2.13. The van der Waals surface area contributed by atoms with Crippen LogP contribution in [0.15, 0.2) is 18.2 Å². The molecule has 0 radical (unpaired) electrons. The van der Waals surface area contributed by atoms with Crippen molar-refractivity contribution in [2.24, 2.45) is 0 Å². The van der Waals surface area contributed by atoms with E-state index in [9.17, 15) is 15.0 Å².